The molecule has 4 aromatic heterocycles. The highest BCUT2D eigenvalue weighted by Gasteiger charge is 2.43. The van der Waals surface area contributed by atoms with E-state index >= 15 is 4.39 Å². The Hall–Kier alpha value is -6.65. The SMILES string of the molecule is CC(C)(C)OC(=O)N1[C@@H]2COC[C@H]1CN(c1ccc(-c3nc(-c4cnn(C5CCC(N6CCN(c7ccc(NC8CCC(=O)NC8=O)cc7F)CC6)CC5)c4)cn4ncc(C#N)c34)cn1)C2. The molecule has 5 aliphatic rings. The van der Waals surface area contributed by atoms with Gasteiger partial charge in [0, 0.05) is 80.9 Å². The van der Waals surface area contributed by atoms with Gasteiger partial charge in [-0.2, -0.15) is 15.5 Å². The van der Waals surface area contributed by atoms with Gasteiger partial charge in [0.25, 0.3) is 0 Å². The lowest BCUT2D eigenvalue weighted by molar-refractivity contribution is -0.133. The molecule has 1 saturated carbocycles. The summed E-state index contributed by atoms with van der Waals surface area (Å²) in [5.74, 6) is -0.229. The first-order valence-electron chi connectivity index (χ1n) is 22.9. The zero-order valence-electron chi connectivity index (χ0n) is 37.4. The maximum Gasteiger partial charge on any atom is 0.411 e. The van der Waals surface area contributed by atoms with E-state index in [1.165, 1.54) is 6.07 Å². The summed E-state index contributed by atoms with van der Waals surface area (Å²) in [6.45, 7) is 10.7. The summed E-state index contributed by atoms with van der Waals surface area (Å²) >= 11 is 0. The van der Waals surface area contributed by atoms with Crippen LogP contribution in [0.2, 0.25) is 0 Å². The number of aromatic nitrogens is 6. The highest BCUT2D eigenvalue weighted by molar-refractivity contribution is 6.01. The molecule has 19 heteroatoms. The zero-order valence-corrected chi connectivity index (χ0v) is 37.4. The third kappa shape index (κ3) is 8.74. The van der Waals surface area contributed by atoms with Crippen molar-refractivity contribution in [2.45, 2.75) is 95.1 Å². The summed E-state index contributed by atoms with van der Waals surface area (Å²) in [5.41, 5.74) is 4.35. The number of piperazine rings is 2. The van der Waals surface area contributed by atoms with Crippen LogP contribution in [0.15, 0.2) is 61.3 Å². The van der Waals surface area contributed by atoms with E-state index in [2.05, 4.69) is 47.4 Å². The number of benzene rings is 1. The molecule has 5 fully saturated rings. The fraction of sp³-hybridized carbons (Fsp3) is 0.489. The fourth-order valence-corrected chi connectivity index (χ4v) is 10.2. The minimum Gasteiger partial charge on any atom is -0.444 e. The Balaban J connectivity index is 0.769. The van der Waals surface area contributed by atoms with Crippen LogP contribution in [-0.2, 0) is 19.1 Å². The lowest BCUT2D eigenvalue weighted by atomic mass is 9.90. The minimum absolute atomic E-state index is 0.167. The minimum atomic E-state index is -0.592. The quantitative estimate of drug-likeness (QED) is 0.198. The van der Waals surface area contributed by atoms with E-state index in [0.29, 0.717) is 72.6 Å². The third-order valence-electron chi connectivity index (χ3n) is 13.5. The number of fused-ring (bicyclic) bond motifs is 3. The lowest BCUT2D eigenvalue weighted by Crippen LogP contribution is -2.66. The Kier molecular flexibility index (Phi) is 11.6. The van der Waals surface area contributed by atoms with Crippen LogP contribution >= 0.6 is 0 Å². The molecule has 4 saturated heterocycles. The molecule has 0 spiro atoms. The second kappa shape index (κ2) is 17.6. The molecule has 1 aliphatic carbocycles. The van der Waals surface area contributed by atoms with Crippen molar-refractivity contribution in [2.75, 3.05) is 67.6 Å². The molecule has 8 heterocycles. The molecule has 1 unspecified atom stereocenters. The number of imide groups is 1. The number of piperidine rings is 1. The number of nitrogens with zero attached hydrogens (tertiary/aromatic N) is 11. The van der Waals surface area contributed by atoms with Crippen molar-refractivity contribution in [3.8, 4) is 28.6 Å². The highest BCUT2D eigenvalue weighted by atomic mass is 19.1. The molecule has 5 aromatic rings. The normalized spacial score (nSPS) is 24.0. The van der Waals surface area contributed by atoms with Crippen LogP contribution in [-0.4, -0.2) is 139 Å². The van der Waals surface area contributed by atoms with Crippen LogP contribution in [0, 0.1) is 17.1 Å². The van der Waals surface area contributed by atoms with Crippen LogP contribution < -0.4 is 20.4 Å². The lowest BCUT2D eigenvalue weighted by Gasteiger charge is -2.49. The molecule has 18 nitrogen and oxygen atoms in total. The second-order valence-corrected chi connectivity index (χ2v) is 19.0. The van der Waals surface area contributed by atoms with E-state index in [1.54, 1.807) is 29.0 Å². The summed E-state index contributed by atoms with van der Waals surface area (Å²) in [4.78, 5) is 55.4. The van der Waals surface area contributed by atoms with Crippen LogP contribution in [0.4, 0.5) is 26.4 Å². The molecule has 1 aromatic carbocycles. The summed E-state index contributed by atoms with van der Waals surface area (Å²) in [7, 11) is 0. The Morgan fingerprint density at radius 3 is 2.33 bits per heavy atom. The maximum atomic E-state index is 15.4. The van der Waals surface area contributed by atoms with Gasteiger partial charge >= 0.3 is 6.09 Å². The van der Waals surface area contributed by atoms with Gasteiger partial charge in [-0.1, -0.05) is 0 Å². The number of carbonyl (C=O) groups excluding carboxylic acids is 3. The predicted molar refractivity (Wildman–Crippen MR) is 242 cm³/mol. The number of carbonyl (C=O) groups is 3. The Morgan fingerprint density at radius 1 is 0.894 bits per heavy atom. The summed E-state index contributed by atoms with van der Waals surface area (Å²) in [6.07, 6.45) is 13.4. The average molecular weight is 900 g/mol. The van der Waals surface area contributed by atoms with E-state index in [1.807, 2.05) is 50.2 Å². The van der Waals surface area contributed by atoms with E-state index in [0.717, 1.165) is 68.8 Å². The van der Waals surface area contributed by atoms with Crippen LogP contribution in [0.25, 0.3) is 28.0 Å². The average Bonchev–Trinajstić information content (AvgIpc) is 3.97. The van der Waals surface area contributed by atoms with E-state index < -0.39 is 11.6 Å². The van der Waals surface area contributed by atoms with Crippen molar-refractivity contribution in [1.29, 1.82) is 5.26 Å². The predicted octanol–water partition coefficient (Wildman–Crippen LogP) is 5.01. The second-order valence-electron chi connectivity index (χ2n) is 19.0. The monoisotopic (exact) mass is 899 g/mol. The van der Waals surface area contributed by atoms with Gasteiger partial charge in [-0.25, -0.2) is 23.7 Å². The zero-order chi connectivity index (χ0) is 45.7. The van der Waals surface area contributed by atoms with Crippen molar-refractivity contribution < 1.29 is 28.2 Å². The first-order valence-corrected chi connectivity index (χ1v) is 22.9. The van der Waals surface area contributed by atoms with Gasteiger partial charge in [0.05, 0.1) is 67.0 Å². The number of nitriles is 1. The number of hydrogen-bond acceptors (Lipinski definition) is 14. The number of nitrogens with one attached hydrogen (secondary N) is 2. The molecule has 10 rings (SSSR count). The van der Waals surface area contributed by atoms with Gasteiger partial charge in [-0.3, -0.25) is 29.4 Å². The van der Waals surface area contributed by atoms with Crippen molar-refractivity contribution in [2.24, 2.45) is 0 Å². The largest absolute Gasteiger partial charge is 0.444 e. The number of ether oxygens (including phenoxy) is 2. The van der Waals surface area contributed by atoms with Crippen molar-refractivity contribution in [3.05, 3.63) is 72.7 Å². The number of hydrogen-bond donors (Lipinski definition) is 2. The first-order chi connectivity index (χ1) is 31.9. The van der Waals surface area contributed by atoms with Crippen molar-refractivity contribution >= 4 is 40.6 Å². The number of anilines is 3. The Bertz CT molecular complexity index is 2660. The molecule has 3 atom stereocenters. The van der Waals surface area contributed by atoms with Crippen LogP contribution in [0.5, 0.6) is 0 Å². The standard InChI is InChI=1S/C47H54FN13O5/c1-47(2,3)66-46(64)61-35-24-58(25-36(61)28-65-27-35)41-12-4-29(20-50-41)43-44-30(19-49)21-52-60(44)26-39(54-43)31-22-51-59(23-31)34-8-6-33(7-9-34)56-14-16-57(17-15-56)40-11-5-32(18-37(40)48)53-38-10-13-42(62)55-45(38)63/h4-5,11-12,18,20-23,26,33-36,38,53H,6-10,13-17,24-25,27-28H2,1-3H3,(H,55,62,63)/t33?,34?,35-,36+,38?. The maximum absolute atomic E-state index is 15.4. The smallest absolute Gasteiger partial charge is 0.411 e. The molecular formula is C47H54FN13O5. The number of halogens is 1. The van der Waals surface area contributed by atoms with Gasteiger partial charge in [-0.15, -0.1) is 0 Å². The van der Waals surface area contributed by atoms with E-state index in [-0.39, 0.29) is 48.3 Å². The number of pyridine rings is 1. The Labute approximate surface area is 381 Å². The Morgan fingerprint density at radius 2 is 1.65 bits per heavy atom. The van der Waals surface area contributed by atoms with Gasteiger partial charge < -0.3 is 24.6 Å². The summed E-state index contributed by atoms with van der Waals surface area (Å²) in [6, 6.07) is 11.0. The highest BCUT2D eigenvalue weighted by Crippen LogP contribution is 2.35. The number of morpholine rings is 1. The van der Waals surface area contributed by atoms with Gasteiger partial charge in [0.15, 0.2) is 0 Å². The molecule has 2 N–H and O–H groups in total. The molecule has 4 aliphatic heterocycles. The fourth-order valence-electron chi connectivity index (χ4n) is 10.2. The number of amides is 3. The molecule has 3 amide bonds. The van der Waals surface area contributed by atoms with Crippen molar-refractivity contribution in [1.82, 2.24) is 44.5 Å². The number of rotatable bonds is 8. The summed E-state index contributed by atoms with van der Waals surface area (Å²) < 4.78 is 30.7. The molecule has 66 heavy (non-hydrogen) atoms. The van der Waals surface area contributed by atoms with Crippen molar-refractivity contribution in [3.63, 3.8) is 0 Å². The molecule has 344 valence electrons. The van der Waals surface area contributed by atoms with E-state index in [9.17, 15) is 19.6 Å². The molecule has 0 radical (unpaired) electrons. The molecule has 2 bridgehead atoms. The van der Waals surface area contributed by atoms with Gasteiger partial charge in [0.1, 0.15) is 40.4 Å². The summed E-state index contributed by atoms with van der Waals surface area (Å²) in [5, 5.41) is 24.8. The topological polar surface area (TPSA) is 191 Å². The third-order valence-corrected chi connectivity index (χ3v) is 13.5. The van der Waals surface area contributed by atoms with E-state index in [4.69, 9.17) is 24.5 Å². The first kappa shape index (κ1) is 43.3. The molecular weight excluding hydrogens is 846 g/mol. The van der Waals surface area contributed by atoms with Crippen LogP contribution in [0.1, 0.15) is 70.9 Å². The van der Waals surface area contributed by atoms with Gasteiger partial charge in [-0.05, 0) is 83.2 Å². The van der Waals surface area contributed by atoms with Gasteiger partial charge in [0.2, 0.25) is 11.8 Å². The van der Waals surface area contributed by atoms with Crippen LogP contribution in [0.3, 0.4) is 0 Å².